The van der Waals surface area contributed by atoms with Crippen LogP contribution in [0.5, 0.6) is 0 Å². The fourth-order valence-corrected chi connectivity index (χ4v) is 6.61. The number of ether oxygens (including phenoxy) is 3. The van der Waals surface area contributed by atoms with Crippen molar-refractivity contribution in [1.29, 1.82) is 0 Å². The summed E-state index contributed by atoms with van der Waals surface area (Å²) in [5.41, 5.74) is 0. The highest BCUT2D eigenvalue weighted by Gasteiger charge is 2.19. The molecule has 0 bridgehead atoms. The number of esters is 3. The Morgan fingerprint density at radius 1 is 0.328 bits per heavy atom. The molecule has 0 amide bonds. The molecule has 0 spiro atoms. The van der Waals surface area contributed by atoms with E-state index in [0.717, 1.165) is 161 Å². The Morgan fingerprint density at radius 3 is 1.00 bits per heavy atom. The van der Waals surface area contributed by atoms with Gasteiger partial charge in [-0.1, -0.05) is 207 Å². The number of rotatable bonds is 45. The number of allylic oxidation sites excluding steroid dienone is 18. The number of unbranched alkanes of at least 4 members (excludes halogenated alkanes) is 16. The summed E-state index contributed by atoms with van der Waals surface area (Å²) >= 11 is 0. The average molecular weight is 887 g/mol. The van der Waals surface area contributed by atoms with Gasteiger partial charge < -0.3 is 14.2 Å². The van der Waals surface area contributed by atoms with E-state index >= 15 is 0 Å². The lowest BCUT2D eigenvalue weighted by atomic mass is 10.1. The Morgan fingerprint density at radius 2 is 0.625 bits per heavy atom. The van der Waals surface area contributed by atoms with Gasteiger partial charge in [-0.2, -0.15) is 0 Å². The molecule has 362 valence electrons. The van der Waals surface area contributed by atoms with E-state index in [-0.39, 0.29) is 31.1 Å². The first-order valence-electron chi connectivity index (χ1n) is 25.9. The van der Waals surface area contributed by atoms with Crippen LogP contribution in [0.3, 0.4) is 0 Å². The number of hydrogen-bond donors (Lipinski definition) is 0. The van der Waals surface area contributed by atoms with E-state index in [1.807, 2.05) is 0 Å². The Kier molecular flexibility index (Phi) is 48.5. The van der Waals surface area contributed by atoms with Crippen molar-refractivity contribution in [1.82, 2.24) is 0 Å². The second-order valence-electron chi connectivity index (χ2n) is 16.7. The van der Waals surface area contributed by atoms with Gasteiger partial charge in [0.05, 0.1) is 0 Å². The minimum Gasteiger partial charge on any atom is -0.462 e. The summed E-state index contributed by atoms with van der Waals surface area (Å²) in [6, 6.07) is 0. The summed E-state index contributed by atoms with van der Waals surface area (Å²) in [5.74, 6) is -0.948. The second kappa shape index (κ2) is 51.7. The molecule has 1 unspecified atom stereocenters. The third-order valence-corrected chi connectivity index (χ3v) is 10.5. The molecule has 0 rings (SSSR count). The lowest BCUT2D eigenvalue weighted by molar-refractivity contribution is -0.167. The predicted octanol–water partition coefficient (Wildman–Crippen LogP) is 17.1. The zero-order valence-electron chi connectivity index (χ0n) is 41.3. The smallest absolute Gasteiger partial charge is 0.306 e. The largest absolute Gasteiger partial charge is 0.462 e. The third kappa shape index (κ3) is 49.1. The summed E-state index contributed by atoms with van der Waals surface area (Å²) in [5, 5.41) is 0. The number of carbonyl (C=O) groups is 3. The normalized spacial score (nSPS) is 13.0. The van der Waals surface area contributed by atoms with Gasteiger partial charge in [0.1, 0.15) is 13.2 Å². The van der Waals surface area contributed by atoms with Crippen molar-refractivity contribution < 1.29 is 28.6 Å². The zero-order valence-corrected chi connectivity index (χ0v) is 41.3. The Bertz CT molecular complexity index is 1340. The minimum absolute atomic E-state index is 0.0926. The monoisotopic (exact) mass is 887 g/mol. The average Bonchev–Trinajstić information content (AvgIpc) is 3.29. The molecule has 6 nitrogen and oxygen atoms in total. The van der Waals surface area contributed by atoms with Crippen LogP contribution in [0.1, 0.15) is 220 Å². The summed E-state index contributed by atoms with van der Waals surface area (Å²) in [4.78, 5) is 37.6. The van der Waals surface area contributed by atoms with Crippen molar-refractivity contribution in [3.05, 3.63) is 109 Å². The van der Waals surface area contributed by atoms with Crippen LogP contribution >= 0.6 is 0 Å². The van der Waals surface area contributed by atoms with Crippen molar-refractivity contribution in [3.8, 4) is 0 Å². The van der Waals surface area contributed by atoms with Gasteiger partial charge in [-0.3, -0.25) is 14.4 Å². The highest BCUT2D eigenvalue weighted by atomic mass is 16.6. The van der Waals surface area contributed by atoms with E-state index < -0.39 is 6.10 Å². The molecule has 0 aromatic heterocycles. The maximum atomic E-state index is 12.7. The molecular formula is C58H94O6. The molecule has 0 saturated heterocycles. The first kappa shape index (κ1) is 60.1. The number of carbonyl (C=O) groups excluding carboxylic acids is 3. The minimum atomic E-state index is -0.791. The van der Waals surface area contributed by atoms with Crippen molar-refractivity contribution in [2.24, 2.45) is 0 Å². The summed E-state index contributed by atoms with van der Waals surface area (Å²) in [7, 11) is 0. The van der Waals surface area contributed by atoms with Crippen LogP contribution in [0, 0.1) is 0 Å². The van der Waals surface area contributed by atoms with Crippen LogP contribution in [0.25, 0.3) is 0 Å². The molecule has 0 aliphatic rings. The zero-order chi connectivity index (χ0) is 46.5. The highest BCUT2D eigenvalue weighted by molar-refractivity contribution is 5.71. The molecule has 0 saturated carbocycles. The first-order chi connectivity index (χ1) is 31.5. The lowest BCUT2D eigenvalue weighted by Gasteiger charge is -2.18. The maximum absolute atomic E-state index is 12.7. The van der Waals surface area contributed by atoms with Crippen LogP contribution in [-0.4, -0.2) is 37.2 Å². The maximum Gasteiger partial charge on any atom is 0.306 e. The standard InChI is InChI=1S/C58H94O6/c1-4-7-10-13-15-17-19-21-23-24-25-26-27-28-29-30-31-32-33-34-35-37-38-40-42-45-48-51-57(60)63-54-55(53-62-56(59)50-47-44-12-9-6-3)64-58(61)52-49-46-43-41-39-36-22-20-18-16-14-11-8-5-2/h7,10,14-17,20-23,25-26,28-29,31-32,34-35,55H,4-6,8-9,11-13,18-19,24,27,30,33,36-54H2,1-3H3/b10-7-,16-14-,17-15-,22-20-,23-21-,26-25-,29-28-,32-31-,35-34-. The molecule has 0 radical (unpaired) electrons. The van der Waals surface area contributed by atoms with Crippen LogP contribution in [0.2, 0.25) is 0 Å². The Labute approximate surface area is 393 Å². The van der Waals surface area contributed by atoms with Gasteiger partial charge in [-0.15, -0.1) is 0 Å². The molecule has 6 heteroatoms. The molecule has 64 heavy (non-hydrogen) atoms. The quantitative estimate of drug-likeness (QED) is 0.0262. The summed E-state index contributed by atoms with van der Waals surface area (Å²) in [6.45, 7) is 6.35. The van der Waals surface area contributed by atoms with E-state index in [4.69, 9.17) is 14.2 Å². The van der Waals surface area contributed by atoms with E-state index in [2.05, 4.69) is 130 Å². The van der Waals surface area contributed by atoms with Gasteiger partial charge >= 0.3 is 17.9 Å². The van der Waals surface area contributed by atoms with E-state index in [0.29, 0.717) is 19.3 Å². The molecular weight excluding hydrogens is 793 g/mol. The highest BCUT2D eigenvalue weighted by Crippen LogP contribution is 2.13. The predicted molar refractivity (Wildman–Crippen MR) is 274 cm³/mol. The van der Waals surface area contributed by atoms with E-state index in [9.17, 15) is 14.4 Å². The van der Waals surface area contributed by atoms with Gasteiger partial charge in [0.2, 0.25) is 0 Å². The molecule has 0 aromatic carbocycles. The van der Waals surface area contributed by atoms with Gasteiger partial charge in [0.15, 0.2) is 6.10 Å². The summed E-state index contributed by atoms with van der Waals surface area (Å²) in [6.07, 6.45) is 69.7. The first-order valence-corrected chi connectivity index (χ1v) is 25.9. The van der Waals surface area contributed by atoms with Crippen molar-refractivity contribution in [2.75, 3.05) is 13.2 Å². The Balaban J connectivity index is 4.20. The fraction of sp³-hybridized carbons (Fsp3) is 0.638. The molecule has 0 aromatic rings. The molecule has 0 aliphatic carbocycles. The van der Waals surface area contributed by atoms with Gasteiger partial charge in [-0.25, -0.2) is 0 Å². The van der Waals surface area contributed by atoms with Gasteiger partial charge in [0.25, 0.3) is 0 Å². The van der Waals surface area contributed by atoms with E-state index in [1.54, 1.807) is 0 Å². The van der Waals surface area contributed by atoms with Crippen molar-refractivity contribution in [3.63, 3.8) is 0 Å². The van der Waals surface area contributed by atoms with E-state index in [1.165, 1.54) is 19.3 Å². The Hall–Kier alpha value is -3.93. The molecule has 0 heterocycles. The second-order valence-corrected chi connectivity index (χ2v) is 16.7. The SMILES string of the molecule is CC/C=C\C/C=C\C/C=C\C/C=C\C/C=C\C/C=C\C/C=C\CCCCCCCC(=O)OCC(COC(=O)CCCCCCC)OC(=O)CCCCCCC/C=C\C/C=C\CCCC. The van der Waals surface area contributed by atoms with Crippen LogP contribution in [0.15, 0.2) is 109 Å². The van der Waals surface area contributed by atoms with Crippen LogP contribution in [0.4, 0.5) is 0 Å². The van der Waals surface area contributed by atoms with Crippen molar-refractivity contribution >= 4 is 17.9 Å². The lowest BCUT2D eigenvalue weighted by Crippen LogP contribution is -2.30. The summed E-state index contributed by atoms with van der Waals surface area (Å²) < 4.78 is 16.6. The van der Waals surface area contributed by atoms with Crippen LogP contribution < -0.4 is 0 Å². The molecule has 0 N–H and O–H groups in total. The topological polar surface area (TPSA) is 78.9 Å². The molecule has 0 fully saturated rings. The molecule has 1 atom stereocenters. The number of hydrogen-bond acceptors (Lipinski definition) is 6. The van der Waals surface area contributed by atoms with Gasteiger partial charge in [-0.05, 0) is 103 Å². The van der Waals surface area contributed by atoms with Crippen LogP contribution in [-0.2, 0) is 28.6 Å². The third-order valence-electron chi connectivity index (χ3n) is 10.5. The molecule has 0 aliphatic heterocycles. The fourth-order valence-electron chi connectivity index (χ4n) is 6.61. The van der Waals surface area contributed by atoms with Gasteiger partial charge in [0, 0.05) is 19.3 Å². The van der Waals surface area contributed by atoms with Crippen molar-refractivity contribution in [2.45, 2.75) is 226 Å².